The average molecular weight is 203 g/mol. The van der Waals surface area contributed by atoms with Gasteiger partial charge in [0.15, 0.2) is 0 Å². The lowest BCUT2D eigenvalue weighted by Gasteiger charge is -2.19. The van der Waals surface area contributed by atoms with Gasteiger partial charge < -0.3 is 0 Å². The van der Waals surface area contributed by atoms with Crippen LogP contribution in [0, 0.1) is 5.95 Å². The Morgan fingerprint density at radius 1 is 1.13 bits per heavy atom. The van der Waals surface area contributed by atoms with Crippen molar-refractivity contribution >= 4 is 10.9 Å². The van der Waals surface area contributed by atoms with E-state index in [4.69, 9.17) is 0 Å². The van der Waals surface area contributed by atoms with Crippen LogP contribution in [0.5, 0.6) is 0 Å². The third-order valence-corrected chi connectivity index (χ3v) is 2.49. The van der Waals surface area contributed by atoms with Crippen molar-refractivity contribution in [1.82, 2.24) is 4.98 Å². The molecule has 0 aliphatic heterocycles. The monoisotopic (exact) mass is 203 g/mol. The molecule has 15 heavy (non-hydrogen) atoms. The van der Waals surface area contributed by atoms with E-state index in [0.717, 1.165) is 5.39 Å². The van der Waals surface area contributed by atoms with Gasteiger partial charge in [0.05, 0.1) is 5.52 Å². The number of benzene rings is 1. The highest BCUT2D eigenvalue weighted by Crippen LogP contribution is 2.26. The molecule has 0 aliphatic rings. The van der Waals surface area contributed by atoms with Crippen LogP contribution in [0.1, 0.15) is 26.3 Å². The summed E-state index contributed by atoms with van der Waals surface area (Å²) in [5, 5.41) is 0.990. The van der Waals surface area contributed by atoms with E-state index >= 15 is 0 Å². The first-order valence-electron chi connectivity index (χ1n) is 5.04. The summed E-state index contributed by atoms with van der Waals surface area (Å²) in [5.41, 5.74) is 1.17. The van der Waals surface area contributed by atoms with Gasteiger partial charge in [-0.25, -0.2) is 4.98 Å². The summed E-state index contributed by atoms with van der Waals surface area (Å²) in [6.45, 7) is 5.96. The van der Waals surface area contributed by atoms with Crippen LogP contribution in [0.15, 0.2) is 30.3 Å². The summed E-state index contributed by atoms with van der Waals surface area (Å²) in [4.78, 5) is 3.98. The molecule has 0 fully saturated rings. The van der Waals surface area contributed by atoms with Crippen molar-refractivity contribution in [2.24, 2.45) is 0 Å². The molecule has 0 bridgehead atoms. The Morgan fingerprint density at radius 3 is 2.47 bits per heavy atom. The Morgan fingerprint density at radius 2 is 1.80 bits per heavy atom. The third-order valence-electron chi connectivity index (χ3n) is 2.49. The minimum Gasteiger partial charge on any atom is -0.219 e. The van der Waals surface area contributed by atoms with E-state index in [0.29, 0.717) is 11.1 Å². The number of nitrogens with zero attached hydrogens (tertiary/aromatic N) is 1. The summed E-state index contributed by atoms with van der Waals surface area (Å²) in [6, 6.07) is 9.47. The van der Waals surface area contributed by atoms with Crippen LogP contribution in [0.2, 0.25) is 0 Å². The van der Waals surface area contributed by atoms with Crippen molar-refractivity contribution < 1.29 is 4.39 Å². The van der Waals surface area contributed by atoms with Gasteiger partial charge in [-0.2, -0.15) is 4.39 Å². The number of rotatable bonds is 0. The van der Waals surface area contributed by atoms with Crippen LogP contribution in [0.25, 0.3) is 10.9 Å². The van der Waals surface area contributed by atoms with Crippen LogP contribution in [-0.4, -0.2) is 4.98 Å². The minimum atomic E-state index is -0.360. The second-order valence-electron chi connectivity index (χ2n) is 4.77. The normalized spacial score (nSPS) is 12.0. The molecule has 0 saturated heterocycles. The molecule has 78 valence electrons. The number of halogens is 1. The molecule has 0 spiro atoms. The van der Waals surface area contributed by atoms with E-state index in [9.17, 15) is 4.39 Å². The van der Waals surface area contributed by atoms with Crippen LogP contribution < -0.4 is 0 Å². The zero-order valence-electron chi connectivity index (χ0n) is 9.21. The molecule has 1 aromatic carbocycles. The summed E-state index contributed by atoms with van der Waals surface area (Å²) in [7, 11) is 0. The smallest absolute Gasteiger partial charge is 0.217 e. The molecule has 1 aromatic heterocycles. The maximum absolute atomic E-state index is 13.7. The summed E-state index contributed by atoms with van der Waals surface area (Å²) in [5.74, 6) is -0.360. The molecule has 0 radical (unpaired) electrons. The lowest BCUT2D eigenvalue weighted by atomic mass is 9.87. The molecule has 0 N–H and O–H groups in total. The lowest BCUT2D eigenvalue weighted by molar-refractivity contribution is 0.503. The average Bonchev–Trinajstić information content (AvgIpc) is 2.15. The lowest BCUT2D eigenvalue weighted by Crippen LogP contribution is -2.14. The third kappa shape index (κ3) is 1.84. The first-order valence-corrected chi connectivity index (χ1v) is 5.04. The molecular weight excluding hydrogens is 189 g/mol. The Bertz CT molecular complexity index is 497. The largest absolute Gasteiger partial charge is 0.219 e. The second-order valence-corrected chi connectivity index (χ2v) is 4.77. The SMILES string of the molecule is CC(C)(C)c1cc2ccccc2nc1F. The van der Waals surface area contributed by atoms with E-state index in [1.54, 1.807) is 0 Å². The fourth-order valence-corrected chi connectivity index (χ4v) is 1.62. The standard InChI is InChI=1S/C13H14FN/c1-13(2,3)10-8-9-6-4-5-7-11(9)15-12(10)14/h4-8H,1-3H3. The van der Waals surface area contributed by atoms with Crippen LogP contribution in [0.4, 0.5) is 4.39 Å². The molecule has 0 atom stereocenters. The van der Waals surface area contributed by atoms with Crippen LogP contribution >= 0.6 is 0 Å². The predicted molar refractivity (Wildman–Crippen MR) is 60.4 cm³/mol. The van der Waals surface area contributed by atoms with Crippen molar-refractivity contribution in [3.8, 4) is 0 Å². The van der Waals surface area contributed by atoms with Crippen LogP contribution in [-0.2, 0) is 5.41 Å². The van der Waals surface area contributed by atoms with Crippen molar-refractivity contribution in [2.45, 2.75) is 26.2 Å². The van der Waals surface area contributed by atoms with E-state index in [1.807, 2.05) is 51.1 Å². The molecule has 1 nitrogen and oxygen atoms in total. The van der Waals surface area contributed by atoms with Crippen LogP contribution in [0.3, 0.4) is 0 Å². The van der Waals surface area contributed by atoms with Gasteiger partial charge in [-0.15, -0.1) is 0 Å². The fraction of sp³-hybridized carbons (Fsp3) is 0.308. The van der Waals surface area contributed by atoms with Gasteiger partial charge in [0.2, 0.25) is 5.95 Å². The molecule has 0 aliphatic carbocycles. The van der Waals surface area contributed by atoms with Gasteiger partial charge in [-0.3, -0.25) is 0 Å². The Kier molecular flexibility index (Phi) is 2.22. The van der Waals surface area contributed by atoms with Gasteiger partial charge in [-0.05, 0) is 17.5 Å². The number of aromatic nitrogens is 1. The Labute approximate surface area is 89.0 Å². The minimum absolute atomic E-state index is 0.207. The zero-order valence-corrected chi connectivity index (χ0v) is 9.21. The highest BCUT2D eigenvalue weighted by atomic mass is 19.1. The highest BCUT2D eigenvalue weighted by molar-refractivity contribution is 5.79. The van der Waals surface area contributed by atoms with E-state index in [1.165, 1.54) is 0 Å². The van der Waals surface area contributed by atoms with Gasteiger partial charge in [-0.1, -0.05) is 39.0 Å². The molecule has 0 amide bonds. The summed E-state index contributed by atoms with van der Waals surface area (Å²) in [6.07, 6.45) is 0. The van der Waals surface area contributed by atoms with Crippen molar-refractivity contribution in [3.63, 3.8) is 0 Å². The van der Waals surface area contributed by atoms with Crippen molar-refractivity contribution in [3.05, 3.63) is 41.8 Å². The van der Waals surface area contributed by atoms with Gasteiger partial charge >= 0.3 is 0 Å². The summed E-state index contributed by atoms with van der Waals surface area (Å²) < 4.78 is 13.7. The van der Waals surface area contributed by atoms with Gasteiger partial charge in [0.25, 0.3) is 0 Å². The van der Waals surface area contributed by atoms with Gasteiger partial charge in [0.1, 0.15) is 0 Å². The molecular formula is C13H14FN. The number of pyridine rings is 1. The van der Waals surface area contributed by atoms with Crippen molar-refractivity contribution in [2.75, 3.05) is 0 Å². The van der Waals surface area contributed by atoms with E-state index < -0.39 is 0 Å². The molecule has 2 aromatic rings. The maximum Gasteiger partial charge on any atom is 0.217 e. The molecule has 2 rings (SSSR count). The van der Waals surface area contributed by atoms with E-state index in [-0.39, 0.29) is 11.4 Å². The molecule has 1 heterocycles. The maximum atomic E-state index is 13.7. The molecule has 2 heteroatoms. The zero-order chi connectivity index (χ0) is 11.1. The quantitative estimate of drug-likeness (QED) is 0.595. The topological polar surface area (TPSA) is 12.9 Å². The highest BCUT2D eigenvalue weighted by Gasteiger charge is 2.19. The molecule has 0 unspecified atom stereocenters. The summed E-state index contributed by atoms with van der Waals surface area (Å²) >= 11 is 0. The number of hydrogen-bond donors (Lipinski definition) is 0. The first-order chi connectivity index (χ1) is 6.98. The number of fused-ring (bicyclic) bond motifs is 1. The van der Waals surface area contributed by atoms with Gasteiger partial charge in [0, 0.05) is 10.9 Å². The number of para-hydroxylation sites is 1. The molecule has 0 saturated carbocycles. The van der Waals surface area contributed by atoms with E-state index in [2.05, 4.69) is 4.98 Å². The fourth-order valence-electron chi connectivity index (χ4n) is 1.62. The Hall–Kier alpha value is -1.44. The Balaban J connectivity index is 2.73. The second kappa shape index (κ2) is 3.30. The van der Waals surface area contributed by atoms with Crippen molar-refractivity contribution in [1.29, 1.82) is 0 Å². The predicted octanol–water partition coefficient (Wildman–Crippen LogP) is 3.67. The number of hydrogen-bond acceptors (Lipinski definition) is 1. The first kappa shape index (κ1) is 10.1.